The molecule has 28 heavy (non-hydrogen) atoms. The van der Waals surface area contributed by atoms with E-state index in [1.165, 1.54) is 12.1 Å². The van der Waals surface area contributed by atoms with Gasteiger partial charge >= 0.3 is 0 Å². The van der Waals surface area contributed by atoms with Crippen molar-refractivity contribution in [1.82, 2.24) is 4.98 Å². The zero-order valence-corrected chi connectivity index (χ0v) is 16.6. The quantitative estimate of drug-likeness (QED) is 0.583. The van der Waals surface area contributed by atoms with Crippen molar-refractivity contribution < 1.29 is 22.0 Å². The van der Waals surface area contributed by atoms with Gasteiger partial charge in [0.2, 0.25) is 26.6 Å². The van der Waals surface area contributed by atoms with Gasteiger partial charge in [0.1, 0.15) is 11.6 Å². The van der Waals surface area contributed by atoms with Crippen LogP contribution in [0, 0.1) is 5.82 Å². The van der Waals surface area contributed by atoms with E-state index in [-0.39, 0.29) is 27.7 Å². The number of nitrogens with zero attached hydrogens (tertiary/aromatic N) is 1. The van der Waals surface area contributed by atoms with E-state index in [4.69, 9.17) is 9.15 Å². The van der Waals surface area contributed by atoms with Crippen molar-refractivity contribution in [2.24, 2.45) is 0 Å². The molecule has 0 aliphatic carbocycles. The summed E-state index contributed by atoms with van der Waals surface area (Å²) in [6.07, 6.45) is 0.759. The third-order valence-corrected chi connectivity index (χ3v) is 5.98. The van der Waals surface area contributed by atoms with E-state index < -0.39 is 15.7 Å². The molecule has 6 nitrogen and oxygen atoms in total. The number of halogens is 1. The molecule has 0 bridgehead atoms. The van der Waals surface area contributed by atoms with Crippen LogP contribution in [0.1, 0.15) is 20.3 Å². The van der Waals surface area contributed by atoms with Crippen molar-refractivity contribution in [3.8, 4) is 17.2 Å². The summed E-state index contributed by atoms with van der Waals surface area (Å²) in [4.78, 5) is 4.18. The van der Waals surface area contributed by atoms with Crippen molar-refractivity contribution in [3.63, 3.8) is 0 Å². The maximum absolute atomic E-state index is 13.2. The van der Waals surface area contributed by atoms with E-state index in [9.17, 15) is 12.8 Å². The topological polar surface area (TPSA) is 81.4 Å². The second-order valence-electron chi connectivity index (χ2n) is 6.29. The minimum absolute atomic E-state index is 0.0289. The number of nitrogens with one attached hydrogen (secondary N) is 1. The van der Waals surface area contributed by atoms with Crippen LogP contribution in [0.5, 0.6) is 5.75 Å². The van der Waals surface area contributed by atoms with Gasteiger partial charge in [0.05, 0.1) is 12.0 Å². The first-order chi connectivity index (χ1) is 13.3. The summed E-state index contributed by atoms with van der Waals surface area (Å²) in [5.74, 6) is 0.363. The summed E-state index contributed by atoms with van der Waals surface area (Å²) < 4.78 is 50.3. The Bertz CT molecular complexity index is 1040. The standard InChI is InChI=1S/C20H21FN2O4S/c1-4-13(2)22-19-20(28(24,25)17-11-7-15(21)8-12-17)23-18(27-19)14-5-9-16(26-3)10-6-14/h5-13,22H,4H2,1-3H3. The second kappa shape index (κ2) is 8.02. The van der Waals surface area contributed by atoms with Crippen LogP contribution in [0.15, 0.2) is 62.9 Å². The first kappa shape index (κ1) is 19.9. The zero-order valence-electron chi connectivity index (χ0n) is 15.8. The Labute approximate surface area is 163 Å². The molecule has 0 aliphatic heterocycles. The van der Waals surface area contributed by atoms with Gasteiger partial charge in [0.15, 0.2) is 0 Å². The first-order valence-corrected chi connectivity index (χ1v) is 10.3. The third-order valence-electron chi connectivity index (χ3n) is 4.30. The number of hydrogen-bond donors (Lipinski definition) is 1. The Balaban J connectivity index is 2.09. The highest BCUT2D eigenvalue weighted by molar-refractivity contribution is 7.91. The molecule has 0 amide bonds. The molecule has 1 aromatic heterocycles. The average Bonchev–Trinajstić information content (AvgIpc) is 3.13. The van der Waals surface area contributed by atoms with Crippen LogP contribution in [0.3, 0.4) is 0 Å². The molecule has 8 heteroatoms. The largest absolute Gasteiger partial charge is 0.497 e. The Kier molecular flexibility index (Phi) is 5.69. The fourth-order valence-electron chi connectivity index (χ4n) is 2.49. The number of sulfone groups is 1. The average molecular weight is 404 g/mol. The highest BCUT2D eigenvalue weighted by atomic mass is 32.2. The van der Waals surface area contributed by atoms with Gasteiger partial charge in [-0.2, -0.15) is 4.98 Å². The van der Waals surface area contributed by atoms with Gasteiger partial charge in [-0.25, -0.2) is 12.8 Å². The first-order valence-electron chi connectivity index (χ1n) is 8.77. The molecule has 0 saturated heterocycles. The number of oxazole rings is 1. The molecule has 1 heterocycles. The number of rotatable bonds is 7. The van der Waals surface area contributed by atoms with Gasteiger partial charge < -0.3 is 14.5 Å². The van der Waals surface area contributed by atoms with E-state index in [1.807, 2.05) is 13.8 Å². The number of anilines is 1. The lowest BCUT2D eigenvalue weighted by Gasteiger charge is -2.11. The second-order valence-corrected chi connectivity index (χ2v) is 8.16. The van der Waals surface area contributed by atoms with Gasteiger partial charge in [0.25, 0.3) is 0 Å². The van der Waals surface area contributed by atoms with Crippen molar-refractivity contribution >= 4 is 15.7 Å². The van der Waals surface area contributed by atoms with E-state index >= 15 is 0 Å². The number of ether oxygens (including phenoxy) is 1. The molecule has 1 unspecified atom stereocenters. The van der Waals surface area contributed by atoms with E-state index in [0.29, 0.717) is 11.3 Å². The zero-order chi connectivity index (χ0) is 20.3. The number of benzene rings is 2. The lowest BCUT2D eigenvalue weighted by Crippen LogP contribution is -2.15. The lowest BCUT2D eigenvalue weighted by atomic mass is 10.2. The fraction of sp³-hybridized carbons (Fsp3) is 0.250. The number of hydrogen-bond acceptors (Lipinski definition) is 6. The van der Waals surface area contributed by atoms with Gasteiger partial charge in [-0.05, 0) is 61.9 Å². The van der Waals surface area contributed by atoms with E-state index in [1.54, 1.807) is 31.4 Å². The van der Waals surface area contributed by atoms with Crippen molar-refractivity contribution in [1.29, 1.82) is 0 Å². The monoisotopic (exact) mass is 404 g/mol. The Morgan fingerprint density at radius 3 is 2.36 bits per heavy atom. The smallest absolute Gasteiger partial charge is 0.234 e. The maximum Gasteiger partial charge on any atom is 0.234 e. The minimum atomic E-state index is -4.00. The van der Waals surface area contributed by atoms with E-state index in [2.05, 4.69) is 10.3 Å². The normalized spacial score (nSPS) is 12.6. The highest BCUT2D eigenvalue weighted by Crippen LogP contribution is 2.33. The molecule has 1 N–H and O–H groups in total. The lowest BCUT2D eigenvalue weighted by molar-refractivity contribution is 0.415. The summed E-state index contributed by atoms with van der Waals surface area (Å²) in [5, 5.41) is 2.82. The molecule has 0 spiro atoms. The van der Waals surface area contributed by atoms with Crippen LogP contribution in [-0.4, -0.2) is 26.6 Å². The Hall–Kier alpha value is -2.87. The van der Waals surface area contributed by atoms with Crippen molar-refractivity contribution in [3.05, 3.63) is 54.3 Å². The van der Waals surface area contributed by atoms with E-state index in [0.717, 1.165) is 18.6 Å². The van der Waals surface area contributed by atoms with Gasteiger partial charge in [-0.3, -0.25) is 0 Å². The van der Waals surface area contributed by atoms with Crippen LogP contribution in [0.25, 0.3) is 11.5 Å². The van der Waals surface area contributed by atoms with Crippen LogP contribution in [0.2, 0.25) is 0 Å². The molecule has 148 valence electrons. The summed E-state index contributed by atoms with van der Waals surface area (Å²) in [7, 11) is -2.44. The van der Waals surface area contributed by atoms with Crippen LogP contribution < -0.4 is 10.1 Å². The SMILES string of the molecule is CCC(C)Nc1oc(-c2ccc(OC)cc2)nc1S(=O)(=O)c1ccc(F)cc1. The molecule has 3 rings (SSSR count). The van der Waals surface area contributed by atoms with Crippen LogP contribution >= 0.6 is 0 Å². The maximum atomic E-state index is 13.2. The molecule has 0 aliphatic rings. The summed E-state index contributed by atoms with van der Waals surface area (Å²) >= 11 is 0. The molecule has 3 aromatic rings. The van der Waals surface area contributed by atoms with Crippen LogP contribution in [0.4, 0.5) is 10.3 Å². The molecule has 2 aromatic carbocycles. The van der Waals surface area contributed by atoms with Gasteiger partial charge in [-0.15, -0.1) is 0 Å². The summed E-state index contributed by atoms with van der Waals surface area (Å²) in [6, 6.07) is 11.5. The third kappa shape index (κ3) is 4.01. The predicted octanol–water partition coefficient (Wildman–Crippen LogP) is 4.53. The minimum Gasteiger partial charge on any atom is -0.497 e. The van der Waals surface area contributed by atoms with Crippen LogP contribution in [-0.2, 0) is 9.84 Å². The fourth-order valence-corrected chi connectivity index (χ4v) is 3.75. The van der Waals surface area contributed by atoms with Crippen molar-refractivity contribution in [2.75, 3.05) is 12.4 Å². The predicted molar refractivity (Wildman–Crippen MR) is 104 cm³/mol. The summed E-state index contributed by atoms with van der Waals surface area (Å²) in [5.41, 5.74) is 0.605. The van der Waals surface area contributed by atoms with Gasteiger partial charge in [0, 0.05) is 11.6 Å². The molecule has 0 saturated carbocycles. The molecule has 0 fully saturated rings. The molecule has 0 radical (unpaired) electrons. The Morgan fingerprint density at radius 1 is 1.14 bits per heavy atom. The number of aromatic nitrogens is 1. The summed E-state index contributed by atoms with van der Waals surface area (Å²) in [6.45, 7) is 3.87. The number of methoxy groups -OCH3 is 1. The molecular formula is C20H21FN2O4S. The van der Waals surface area contributed by atoms with Crippen molar-refractivity contribution in [2.45, 2.75) is 36.2 Å². The van der Waals surface area contributed by atoms with Gasteiger partial charge in [-0.1, -0.05) is 6.92 Å². The molecular weight excluding hydrogens is 383 g/mol. The highest BCUT2D eigenvalue weighted by Gasteiger charge is 2.29. The Morgan fingerprint density at radius 2 is 1.79 bits per heavy atom. The molecule has 1 atom stereocenters.